The molecule has 0 aliphatic heterocycles. The molecule has 0 amide bonds. The van der Waals surface area contributed by atoms with E-state index in [1.807, 2.05) is 0 Å². The molecule has 0 heteroatoms. The van der Waals surface area contributed by atoms with Crippen LogP contribution in [0.4, 0.5) is 0 Å². The minimum absolute atomic E-state index is 1.18. The van der Waals surface area contributed by atoms with Crippen molar-refractivity contribution in [1.82, 2.24) is 0 Å². The number of hydrogen-bond donors (Lipinski definition) is 0. The highest BCUT2D eigenvalue weighted by atomic mass is 14.2. The van der Waals surface area contributed by atoms with Gasteiger partial charge in [0.25, 0.3) is 0 Å². The fourth-order valence-electron chi connectivity index (χ4n) is 5.51. The molecule has 4 rings (SSSR count). The monoisotopic (exact) mass is 452 g/mol. The molecule has 0 saturated heterocycles. The average Bonchev–Trinajstić information content (AvgIpc) is 2.86. The summed E-state index contributed by atoms with van der Waals surface area (Å²) in [6.07, 6.45) is 14.8. The van der Waals surface area contributed by atoms with Crippen molar-refractivity contribution in [2.75, 3.05) is 0 Å². The minimum atomic E-state index is 1.18. The summed E-state index contributed by atoms with van der Waals surface area (Å²) in [4.78, 5) is 0. The maximum Gasteiger partial charge on any atom is -0.0143 e. The van der Waals surface area contributed by atoms with Gasteiger partial charge in [-0.1, -0.05) is 77.6 Å². The maximum atomic E-state index is 2.52. The highest BCUT2D eigenvalue weighted by Gasteiger charge is 2.12. The Morgan fingerprint density at radius 3 is 0.824 bits per heavy atom. The molecule has 0 nitrogen and oxygen atoms in total. The summed E-state index contributed by atoms with van der Waals surface area (Å²) in [7, 11) is 0. The van der Waals surface area contributed by atoms with E-state index in [1.165, 1.54) is 132 Å². The van der Waals surface area contributed by atoms with Gasteiger partial charge in [-0.3, -0.25) is 0 Å². The second-order valence-corrected chi connectivity index (χ2v) is 10.3. The molecule has 0 spiro atoms. The minimum Gasteiger partial charge on any atom is -0.0654 e. The Balaban J connectivity index is 1.95. The molecule has 0 bridgehead atoms. The molecule has 4 aromatic carbocycles. The number of hydrogen-bond acceptors (Lipinski definition) is 0. The summed E-state index contributed by atoms with van der Waals surface area (Å²) in [6.45, 7) is 9.20. The van der Waals surface area contributed by atoms with Gasteiger partial charge < -0.3 is 0 Å². The molecule has 0 fully saturated rings. The van der Waals surface area contributed by atoms with Gasteiger partial charge in [-0.2, -0.15) is 0 Å². The van der Waals surface area contributed by atoms with E-state index < -0.39 is 0 Å². The first-order valence-corrected chi connectivity index (χ1v) is 14.1. The summed E-state index contributed by atoms with van der Waals surface area (Å²) in [5.41, 5.74) is 6.12. The van der Waals surface area contributed by atoms with Crippen LogP contribution in [0.15, 0.2) is 48.5 Å². The molecule has 0 heterocycles. The predicted molar refractivity (Wildman–Crippen MR) is 153 cm³/mol. The van der Waals surface area contributed by atoms with Crippen molar-refractivity contribution in [3.8, 4) is 0 Å². The Hall–Kier alpha value is -2.34. The van der Waals surface area contributed by atoms with Gasteiger partial charge in [0.1, 0.15) is 0 Å². The van der Waals surface area contributed by atoms with Crippen LogP contribution in [0.5, 0.6) is 0 Å². The Bertz CT molecular complexity index is 1050. The predicted octanol–water partition coefficient (Wildman–Crippen LogP) is 10.5. The van der Waals surface area contributed by atoms with Gasteiger partial charge in [0.15, 0.2) is 0 Å². The quantitative estimate of drug-likeness (QED) is 0.187. The largest absolute Gasteiger partial charge is 0.0654 e. The molecule has 0 radical (unpaired) electrons. The lowest BCUT2D eigenvalue weighted by Gasteiger charge is -2.16. The van der Waals surface area contributed by atoms with Crippen LogP contribution in [0.2, 0.25) is 0 Å². The molecule has 0 atom stereocenters. The average molecular weight is 453 g/mol. The van der Waals surface area contributed by atoms with Gasteiger partial charge in [-0.25, -0.2) is 0 Å². The molecule has 0 aromatic heterocycles. The molecule has 0 aliphatic carbocycles. The fraction of sp³-hybridized carbons (Fsp3) is 0.471. The summed E-state index contributed by atoms with van der Waals surface area (Å²) in [5.74, 6) is 0. The van der Waals surface area contributed by atoms with Gasteiger partial charge in [-0.05, 0) is 130 Å². The van der Waals surface area contributed by atoms with Gasteiger partial charge in [0.2, 0.25) is 0 Å². The topological polar surface area (TPSA) is 0 Å². The molecule has 0 unspecified atom stereocenters. The Kier molecular flexibility index (Phi) is 8.65. The Morgan fingerprint density at radius 1 is 0.382 bits per heavy atom. The van der Waals surface area contributed by atoms with E-state index >= 15 is 0 Å². The first-order chi connectivity index (χ1) is 16.7. The van der Waals surface area contributed by atoms with Crippen LogP contribution < -0.4 is 0 Å². The summed E-state index contributed by atoms with van der Waals surface area (Å²) in [6, 6.07) is 19.8. The van der Waals surface area contributed by atoms with Crippen LogP contribution in [0.1, 0.15) is 101 Å². The normalized spacial score (nSPS) is 11.8. The van der Waals surface area contributed by atoms with Gasteiger partial charge in [0.05, 0.1) is 0 Å². The zero-order chi connectivity index (χ0) is 23.9. The van der Waals surface area contributed by atoms with Crippen molar-refractivity contribution in [1.29, 1.82) is 0 Å². The molecule has 4 aromatic rings. The molecule has 0 saturated carbocycles. The molecule has 0 aliphatic rings. The lowest BCUT2D eigenvalue weighted by molar-refractivity contribution is 0.792. The van der Waals surface area contributed by atoms with E-state index in [4.69, 9.17) is 0 Å². The fourth-order valence-corrected chi connectivity index (χ4v) is 5.51. The Morgan fingerprint density at radius 2 is 0.618 bits per heavy atom. The van der Waals surface area contributed by atoms with E-state index in [0.717, 1.165) is 0 Å². The molecular formula is C34H44. The second kappa shape index (κ2) is 11.9. The van der Waals surface area contributed by atoms with E-state index in [1.54, 1.807) is 0 Å². The van der Waals surface area contributed by atoms with E-state index in [2.05, 4.69) is 76.2 Å². The third-order valence-electron chi connectivity index (χ3n) is 7.67. The first-order valence-electron chi connectivity index (χ1n) is 14.1. The van der Waals surface area contributed by atoms with Crippen LogP contribution in [-0.4, -0.2) is 0 Å². The summed E-state index contributed by atoms with van der Waals surface area (Å²) in [5, 5.41) is 8.79. The number of unbranched alkanes of at least 4 members (excludes halogenated alkanes) is 4. The van der Waals surface area contributed by atoms with Crippen LogP contribution in [0.25, 0.3) is 32.3 Å². The lowest BCUT2D eigenvalue weighted by Crippen LogP contribution is -1.95. The highest BCUT2D eigenvalue weighted by Crippen LogP contribution is 2.35. The van der Waals surface area contributed by atoms with Crippen molar-refractivity contribution in [3.05, 3.63) is 70.8 Å². The van der Waals surface area contributed by atoms with Crippen molar-refractivity contribution in [3.63, 3.8) is 0 Å². The van der Waals surface area contributed by atoms with E-state index in [9.17, 15) is 0 Å². The third-order valence-corrected chi connectivity index (χ3v) is 7.67. The Labute approximate surface area is 207 Å². The maximum absolute atomic E-state index is 2.52. The number of fused-ring (bicyclic) bond motifs is 3. The smallest absolute Gasteiger partial charge is 0.0143 e. The highest BCUT2D eigenvalue weighted by molar-refractivity contribution is 6.07. The molecular weight excluding hydrogens is 408 g/mol. The van der Waals surface area contributed by atoms with Crippen molar-refractivity contribution in [2.45, 2.75) is 105 Å². The zero-order valence-corrected chi connectivity index (χ0v) is 22.1. The van der Waals surface area contributed by atoms with E-state index in [-0.39, 0.29) is 0 Å². The van der Waals surface area contributed by atoms with Crippen molar-refractivity contribution in [2.24, 2.45) is 0 Å². The summed E-state index contributed by atoms with van der Waals surface area (Å²) >= 11 is 0. The zero-order valence-electron chi connectivity index (χ0n) is 22.1. The molecule has 0 N–H and O–H groups in total. The lowest BCUT2D eigenvalue weighted by atomic mass is 9.89. The van der Waals surface area contributed by atoms with Crippen molar-refractivity contribution >= 4 is 32.3 Å². The van der Waals surface area contributed by atoms with Gasteiger partial charge in [-0.15, -0.1) is 0 Å². The first kappa shape index (κ1) is 24.8. The third kappa shape index (κ3) is 5.32. The van der Waals surface area contributed by atoms with Crippen LogP contribution >= 0.6 is 0 Å². The SMILES string of the molecule is CCCCc1ccc(CCCC)c2cc3cc4c(CCCC)ccc(CCCC)c4cc3cc12. The molecule has 180 valence electrons. The molecule has 34 heavy (non-hydrogen) atoms. The summed E-state index contributed by atoms with van der Waals surface area (Å²) < 4.78 is 0. The number of benzene rings is 4. The van der Waals surface area contributed by atoms with E-state index in [0.29, 0.717) is 0 Å². The van der Waals surface area contributed by atoms with Crippen molar-refractivity contribution < 1.29 is 0 Å². The number of aryl methyl sites for hydroxylation is 4. The van der Waals surface area contributed by atoms with Crippen LogP contribution in [-0.2, 0) is 25.7 Å². The number of rotatable bonds is 12. The van der Waals surface area contributed by atoms with Gasteiger partial charge in [0, 0.05) is 0 Å². The van der Waals surface area contributed by atoms with Gasteiger partial charge >= 0.3 is 0 Å². The van der Waals surface area contributed by atoms with Crippen LogP contribution in [0.3, 0.4) is 0 Å². The standard InChI is InChI=1S/C34H44/c1-5-9-13-25-17-18-26(14-10-6-2)32-22-30-24-34-28(16-12-8-4)20-19-27(15-11-7-3)33(34)23-29(30)21-31(25)32/h17-24H,5-16H2,1-4H3. The second-order valence-electron chi connectivity index (χ2n) is 10.3. The van der Waals surface area contributed by atoms with Crippen LogP contribution in [0, 0.1) is 0 Å².